The molecule has 0 spiro atoms. The lowest BCUT2D eigenvalue weighted by molar-refractivity contribution is 0.131. The van der Waals surface area contributed by atoms with Crippen molar-refractivity contribution in [3.8, 4) is 0 Å². The van der Waals surface area contributed by atoms with E-state index in [0.29, 0.717) is 0 Å². The van der Waals surface area contributed by atoms with Crippen LogP contribution in [0.4, 0.5) is 8.78 Å². The van der Waals surface area contributed by atoms with Gasteiger partial charge in [-0.15, -0.1) is 0 Å². The Balaban J connectivity index is 2.96. The third-order valence-electron chi connectivity index (χ3n) is 1.29. The van der Waals surface area contributed by atoms with Crippen LogP contribution in [0.1, 0.15) is 32.1 Å². The molecule has 0 N–H and O–H groups in total. The van der Waals surface area contributed by atoms with Crippen LogP contribution in [0.5, 0.6) is 0 Å². The maximum Gasteiger partial charge on any atom is 0.297 e. The summed E-state index contributed by atoms with van der Waals surface area (Å²) in [6, 6.07) is -0.0681. The van der Waals surface area contributed by atoms with Crippen LogP contribution in [0.3, 0.4) is 0 Å². The molecule has 0 fully saturated rings. The molecular formula is C6H9F2N3. The Morgan fingerprint density at radius 1 is 1.45 bits per heavy atom. The Bertz CT molecular complexity index is 209. The zero-order chi connectivity index (χ0) is 8.43. The zero-order valence-electron chi connectivity index (χ0n) is 6.33. The normalized spacial score (nSPS) is 11.5. The summed E-state index contributed by atoms with van der Waals surface area (Å²) < 4.78 is 25.4. The standard InChI is InChI=1S/C6H9F2N3/c1-4(2)11-6(5(7)8)9-3-10-11/h3-5H,1-2H3. The lowest BCUT2D eigenvalue weighted by Gasteiger charge is -2.07. The van der Waals surface area contributed by atoms with Gasteiger partial charge in [0.1, 0.15) is 6.33 Å². The van der Waals surface area contributed by atoms with Gasteiger partial charge in [-0.1, -0.05) is 0 Å². The van der Waals surface area contributed by atoms with E-state index in [1.165, 1.54) is 4.68 Å². The van der Waals surface area contributed by atoms with E-state index in [9.17, 15) is 8.78 Å². The molecule has 0 aliphatic carbocycles. The van der Waals surface area contributed by atoms with Gasteiger partial charge in [-0.05, 0) is 13.8 Å². The first-order valence-electron chi connectivity index (χ1n) is 3.30. The zero-order valence-corrected chi connectivity index (χ0v) is 6.33. The van der Waals surface area contributed by atoms with Crippen LogP contribution in [-0.4, -0.2) is 14.8 Å². The Morgan fingerprint density at radius 2 is 2.09 bits per heavy atom. The summed E-state index contributed by atoms with van der Waals surface area (Å²) in [7, 11) is 0. The molecule has 0 aliphatic heterocycles. The Morgan fingerprint density at radius 3 is 2.45 bits per heavy atom. The minimum absolute atomic E-state index is 0.0681. The molecule has 1 heterocycles. The molecule has 0 bridgehead atoms. The number of alkyl halides is 2. The number of hydrogen-bond acceptors (Lipinski definition) is 2. The molecule has 0 saturated carbocycles. The van der Waals surface area contributed by atoms with Gasteiger partial charge in [-0.25, -0.2) is 18.4 Å². The number of aromatic nitrogens is 3. The quantitative estimate of drug-likeness (QED) is 0.662. The fraction of sp³-hybridized carbons (Fsp3) is 0.667. The summed E-state index contributed by atoms with van der Waals surface area (Å²) in [4.78, 5) is 3.44. The topological polar surface area (TPSA) is 30.7 Å². The third-order valence-corrected chi connectivity index (χ3v) is 1.29. The molecule has 0 saturated heterocycles. The first-order valence-corrected chi connectivity index (χ1v) is 3.30. The maximum absolute atomic E-state index is 12.1. The van der Waals surface area contributed by atoms with Crippen molar-refractivity contribution < 1.29 is 8.78 Å². The first-order chi connectivity index (χ1) is 5.13. The van der Waals surface area contributed by atoms with Gasteiger partial charge < -0.3 is 0 Å². The van der Waals surface area contributed by atoms with Gasteiger partial charge >= 0.3 is 0 Å². The minimum atomic E-state index is -2.54. The van der Waals surface area contributed by atoms with Crippen LogP contribution >= 0.6 is 0 Å². The molecular weight excluding hydrogens is 152 g/mol. The summed E-state index contributed by atoms with van der Waals surface area (Å²) in [6.07, 6.45) is -1.40. The summed E-state index contributed by atoms with van der Waals surface area (Å²) in [5, 5.41) is 3.66. The van der Waals surface area contributed by atoms with E-state index in [-0.39, 0.29) is 11.9 Å². The predicted molar refractivity (Wildman–Crippen MR) is 35.4 cm³/mol. The monoisotopic (exact) mass is 161 g/mol. The Labute approximate surface area is 63.0 Å². The van der Waals surface area contributed by atoms with Gasteiger partial charge in [0.05, 0.1) is 0 Å². The molecule has 0 radical (unpaired) electrons. The van der Waals surface area contributed by atoms with Crippen LogP contribution in [0.25, 0.3) is 0 Å². The van der Waals surface area contributed by atoms with Gasteiger partial charge in [0, 0.05) is 6.04 Å². The molecule has 0 amide bonds. The average molecular weight is 161 g/mol. The molecule has 0 aromatic carbocycles. The largest absolute Gasteiger partial charge is 0.297 e. The van der Waals surface area contributed by atoms with E-state index in [4.69, 9.17) is 0 Å². The van der Waals surface area contributed by atoms with Gasteiger partial charge in [-0.2, -0.15) is 5.10 Å². The fourth-order valence-electron chi connectivity index (χ4n) is 0.813. The lowest BCUT2D eigenvalue weighted by atomic mass is 10.4. The van der Waals surface area contributed by atoms with E-state index in [0.717, 1.165) is 6.33 Å². The first kappa shape index (κ1) is 8.10. The van der Waals surface area contributed by atoms with Crippen molar-refractivity contribution in [1.82, 2.24) is 14.8 Å². The highest BCUT2D eigenvalue weighted by Gasteiger charge is 2.16. The average Bonchev–Trinajstić information content (AvgIpc) is 2.32. The summed E-state index contributed by atoms with van der Waals surface area (Å²) in [6.45, 7) is 3.56. The van der Waals surface area contributed by atoms with Crippen LogP contribution in [-0.2, 0) is 0 Å². The number of hydrogen-bond donors (Lipinski definition) is 0. The molecule has 62 valence electrons. The molecule has 0 aliphatic rings. The van der Waals surface area contributed by atoms with E-state index in [1.54, 1.807) is 13.8 Å². The Kier molecular flexibility index (Phi) is 2.16. The molecule has 0 atom stereocenters. The minimum Gasteiger partial charge on any atom is -0.242 e. The fourth-order valence-corrected chi connectivity index (χ4v) is 0.813. The summed E-state index contributed by atoms with van der Waals surface area (Å²) in [5.41, 5.74) is 0. The smallest absolute Gasteiger partial charge is 0.242 e. The predicted octanol–water partition coefficient (Wildman–Crippen LogP) is 1.80. The summed E-state index contributed by atoms with van der Waals surface area (Å²) >= 11 is 0. The van der Waals surface area contributed by atoms with Crippen LogP contribution in [0.2, 0.25) is 0 Å². The maximum atomic E-state index is 12.1. The van der Waals surface area contributed by atoms with Crippen LogP contribution in [0.15, 0.2) is 6.33 Å². The van der Waals surface area contributed by atoms with Crippen molar-refractivity contribution in [3.05, 3.63) is 12.2 Å². The molecule has 3 nitrogen and oxygen atoms in total. The third kappa shape index (κ3) is 1.53. The molecule has 5 heteroatoms. The highest BCUT2D eigenvalue weighted by molar-refractivity contribution is 4.87. The van der Waals surface area contributed by atoms with E-state index in [1.807, 2.05) is 0 Å². The second-order valence-electron chi connectivity index (χ2n) is 2.46. The van der Waals surface area contributed by atoms with Crippen molar-refractivity contribution >= 4 is 0 Å². The van der Waals surface area contributed by atoms with E-state index >= 15 is 0 Å². The lowest BCUT2D eigenvalue weighted by Crippen LogP contribution is -2.08. The van der Waals surface area contributed by atoms with Gasteiger partial charge in [-0.3, -0.25) is 0 Å². The van der Waals surface area contributed by atoms with Gasteiger partial charge in [0.2, 0.25) is 0 Å². The molecule has 1 rings (SSSR count). The second-order valence-corrected chi connectivity index (χ2v) is 2.46. The van der Waals surface area contributed by atoms with Crippen molar-refractivity contribution in [1.29, 1.82) is 0 Å². The number of nitrogens with zero attached hydrogens (tertiary/aromatic N) is 3. The van der Waals surface area contributed by atoms with Crippen molar-refractivity contribution in [2.75, 3.05) is 0 Å². The van der Waals surface area contributed by atoms with Crippen molar-refractivity contribution in [3.63, 3.8) is 0 Å². The number of rotatable bonds is 2. The summed E-state index contributed by atoms with van der Waals surface area (Å²) in [5.74, 6) is -0.264. The van der Waals surface area contributed by atoms with E-state index in [2.05, 4.69) is 10.1 Å². The van der Waals surface area contributed by atoms with Gasteiger partial charge in [0.25, 0.3) is 6.43 Å². The molecule has 1 aromatic heterocycles. The number of halogens is 2. The molecule has 1 aromatic rings. The van der Waals surface area contributed by atoms with Crippen molar-refractivity contribution in [2.45, 2.75) is 26.3 Å². The van der Waals surface area contributed by atoms with Crippen molar-refractivity contribution in [2.24, 2.45) is 0 Å². The molecule has 11 heavy (non-hydrogen) atoms. The van der Waals surface area contributed by atoms with Crippen LogP contribution < -0.4 is 0 Å². The Hall–Kier alpha value is -1.00. The second kappa shape index (κ2) is 2.94. The van der Waals surface area contributed by atoms with E-state index < -0.39 is 6.43 Å². The molecule has 0 unspecified atom stereocenters. The highest BCUT2D eigenvalue weighted by atomic mass is 19.3. The SMILES string of the molecule is CC(C)n1ncnc1C(F)F. The van der Waals surface area contributed by atoms with Crippen LogP contribution in [0, 0.1) is 0 Å². The highest BCUT2D eigenvalue weighted by Crippen LogP contribution is 2.17. The van der Waals surface area contributed by atoms with Gasteiger partial charge in [0.15, 0.2) is 5.82 Å².